The molecule has 2 rings (SSSR count). The monoisotopic (exact) mass is 476 g/mol. The lowest BCUT2D eigenvalue weighted by molar-refractivity contribution is -0.274. The lowest BCUT2D eigenvalue weighted by Crippen LogP contribution is -2.42. The van der Waals surface area contributed by atoms with Crippen molar-refractivity contribution in [1.82, 2.24) is 0 Å². The molecule has 33 heavy (non-hydrogen) atoms. The number of rotatable bonds is 9. The molecule has 0 aliphatic heterocycles. The van der Waals surface area contributed by atoms with Crippen LogP contribution in [0.15, 0.2) is 30.3 Å². The number of alkyl halides is 5. The van der Waals surface area contributed by atoms with E-state index < -0.39 is 52.9 Å². The van der Waals surface area contributed by atoms with Gasteiger partial charge in [-0.3, -0.25) is 0 Å². The molecule has 0 bridgehead atoms. The predicted molar refractivity (Wildman–Crippen MR) is 111 cm³/mol. The van der Waals surface area contributed by atoms with Gasteiger partial charge in [0, 0.05) is 23.5 Å². The summed E-state index contributed by atoms with van der Waals surface area (Å²) < 4.78 is 101. The molecule has 0 saturated carbocycles. The fourth-order valence-electron chi connectivity index (χ4n) is 2.45. The minimum atomic E-state index is -4.98. The Hall–Kier alpha value is -3.12. The molecule has 0 fully saturated rings. The molecule has 0 unspecified atom stereocenters. The van der Waals surface area contributed by atoms with Crippen LogP contribution in [-0.2, 0) is 4.74 Å². The van der Waals surface area contributed by atoms with Gasteiger partial charge < -0.3 is 23.7 Å². The van der Waals surface area contributed by atoms with Crippen LogP contribution >= 0.6 is 0 Å². The highest BCUT2D eigenvalue weighted by molar-refractivity contribution is 6.66. The lowest BCUT2D eigenvalue weighted by Gasteiger charge is -2.27. The van der Waals surface area contributed by atoms with Crippen LogP contribution in [0.25, 0.3) is 0 Å². The van der Waals surface area contributed by atoms with Gasteiger partial charge in [-0.15, -0.1) is 13.2 Å². The van der Waals surface area contributed by atoms with E-state index in [0.29, 0.717) is 13.3 Å². The Morgan fingerprint density at radius 2 is 1.64 bits per heavy atom. The van der Waals surface area contributed by atoms with Gasteiger partial charge in [-0.1, -0.05) is 6.82 Å². The van der Waals surface area contributed by atoms with Gasteiger partial charge in [-0.2, -0.15) is 8.78 Å². The molecule has 0 aliphatic carbocycles. The molecule has 0 N–H and O–H groups in total. The third kappa shape index (κ3) is 7.46. The maximum absolute atomic E-state index is 14.5. The summed E-state index contributed by atoms with van der Waals surface area (Å²) >= 11 is 0. The average molecular weight is 476 g/mol. The van der Waals surface area contributed by atoms with Crippen LogP contribution in [0.5, 0.6) is 28.7 Å². The van der Waals surface area contributed by atoms with Gasteiger partial charge >= 0.3 is 18.9 Å². The fraction of sp³-hybridized carbons (Fsp3) is 0.278. The molecular weight excluding hydrogens is 459 g/mol. The Morgan fingerprint density at radius 3 is 2.18 bits per heavy atom. The first-order valence-electron chi connectivity index (χ1n) is 9.38. The minimum absolute atomic E-state index is 0.250. The first-order valence-corrected chi connectivity index (χ1v) is 9.38. The summed E-state index contributed by atoms with van der Waals surface area (Å²) in [6, 6.07) is 4.12. The molecule has 176 valence electrons. The van der Waals surface area contributed by atoms with Crippen molar-refractivity contribution in [2.75, 3.05) is 7.11 Å². The molecule has 0 atom stereocenters. The molecule has 15 heteroatoms. The van der Waals surface area contributed by atoms with Gasteiger partial charge in [-0.05, 0) is 12.1 Å². The number of ether oxygens (including phenoxy) is 5. The lowest BCUT2D eigenvalue weighted by atomic mass is 9.42. The number of hydrogen-bond acceptors (Lipinski definition) is 6. The summed E-state index contributed by atoms with van der Waals surface area (Å²) in [5.41, 5.74) is -0.754. The van der Waals surface area contributed by atoms with Crippen molar-refractivity contribution in [3.05, 3.63) is 41.7 Å². The van der Waals surface area contributed by atoms with Crippen molar-refractivity contribution in [3.8, 4) is 28.7 Å². The molecule has 0 saturated heterocycles. The summed E-state index contributed by atoms with van der Waals surface area (Å²) in [6.07, 6.45) is -4.98. The number of carbonyl (C=O) groups excluding carboxylic acids is 1. The molecule has 2 aromatic rings. The van der Waals surface area contributed by atoms with Gasteiger partial charge in [0.2, 0.25) is 0 Å². The highest BCUT2D eigenvalue weighted by Gasteiger charge is 2.32. The maximum atomic E-state index is 14.5. The van der Waals surface area contributed by atoms with Gasteiger partial charge in [0.05, 0.1) is 7.11 Å². The SMILES string of the molecule is BC(B)(BC)Oc1cc(OC(F)(F)F)ccc1Oc1cc(OC(F)F)cc(F)c1C(=O)OC. The summed E-state index contributed by atoms with van der Waals surface area (Å²) in [5.74, 6) is -4.89. The van der Waals surface area contributed by atoms with Gasteiger partial charge in [-0.25, -0.2) is 9.18 Å². The van der Waals surface area contributed by atoms with Gasteiger partial charge in [0.15, 0.2) is 18.8 Å². The summed E-state index contributed by atoms with van der Waals surface area (Å²) in [4.78, 5) is 12.0. The normalized spacial score (nSPS) is 11.7. The van der Waals surface area contributed by atoms with E-state index in [-0.39, 0.29) is 11.5 Å². The molecule has 0 aromatic heterocycles. The van der Waals surface area contributed by atoms with E-state index in [2.05, 4.69) is 14.2 Å². The zero-order chi connectivity index (χ0) is 25.0. The van der Waals surface area contributed by atoms with E-state index in [1.165, 1.54) is 0 Å². The molecule has 0 spiro atoms. The zero-order valence-corrected chi connectivity index (χ0v) is 17.9. The summed E-state index contributed by atoms with van der Waals surface area (Å²) in [5, 5.41) is -0.883. The topological polar surface area (TPSA) is 63.2 Å². The van der Waals surface area contributed by atoms with Crippen molar-refractivity contribution in [3.63, 3.8) is 0 Å². The first-order chi connectivity index (χ1) is 15.2. The molecule has 0 amide bonds. The van der Waals surface area contributed by atoms with Crippen molar-refractivity contribution >= 4 is 28.9 Å². The smallest absolute Gasteiger partial charge is 0.510 e. The predicted octanol–water partition coefficient (Wildman–Crippen LogP) is 2.65. The number of hydrogen-bond donors (Lipinski definition) is 0. The Bertz CT molecular complexity index is 1000. The number of carbonyl (C=O) groups is 1. The Kier molecular flexibility index (Phi) is 8.09. The first kappa shape index (κ1) is 26.1. The Labute approximate surface area is 187 Å². The van der Waals surface area contributed by atoms with Crippen molar-refractivity contribution in [2.24, 2.45) is 0 Å². The van der Waals surface area contributed by atoms with E-state index in [1.807, 2.05) is 0 Å². The molecule has 0 radical (unpaired) electrons. The van der Waals surface area contributed by atoms with Crippen LogP contribution in [0, 0.1) is 5.82 Å². The van der Waals surface area contributed by atoms with Crippen LogP contribution in [0.2, 0.25) is 6.82 Å². The van der Waals surface area contributed by atoms with Crippen LogP contribution in [0.4, 0.5) is 26.3 Å². The summed E-state index contributed by atoms with van der Waals surface area (Å²) in [7, 11) is 4.67. The number of benzene rings is 2. The molecule has 2 aromatic carbocycles. The van der Waals surface area contributed by atoms with Crippen LogP contribution in [0.3, 0.4) is 0 Å². The minimum Gasteiger partial charge on any atom is -0.510 e. The van der Waals surface area contributed by atoms with E-state index in [4.69, 9.17) is 9.47 Å². The second-order valence-electron chi connectivity index (χ2n) is 7.12. The second kappa shape index (κ2) is 10.2. The third-order valence-electron chi connectivity index (χ3n) is 4.25. The highest BCUT2D eigenvalue weighted by Crippen LogP contribution is 2.40. The van der Waals surface area contributed by atoms with Gasteiger partial charge in [0.25, 0.3) is 0 Å². The van der Waals surface area contributed by atoms with Crippen molar-refractivity contribution < 1.29 is 54.8 Å². The third-order valence-corrected chi connectivity index (χ3v) is 4.25. The Morgan fingerprint density at radius 1 is 1.00 bits per heavy atom. The summed E-state index contributed by atoms with van der Waals surface area (Å²) in [6.45, 7) is -1.55. The molecule has 0 aliphatic rings. The number of methoxy groups -OCH3 is 1. The number of halogens is 6. The average Bonchev–Trinajstić information content (AvgIpc) is 2.67. The molecule has 0 heterocycles. The zero-order valence-electron chi connectivity index (χ0n) is 17.9. The van der Waals surface area contributed by atoms with Gasteiger partial charge in [0.1, 0.15) is 44.3 Å². The number of esters is 1. The van der Waals surface area contributed by atoms with E-state index >= 15 is 0 Å². The van der Waals surface area contributed by atoms with E-state index in [0.717, 1.165) is 31.4 Å². The molecular formula is C18H17B3F6O6. The van der Waals surface area contributed by atoms with Crippen LogP contribution in [0.1, 0.15) is 10.4 Å². The molecule has 6 nitrogen and oxygen atoms in total. The van der Waals surface area contributed by atoms with Crippen molar-refractivity contribution in [1.29, 1.82) is 0 Å². The van der Waals surface area contributed by atoms with Crippen molar-refractivity contribution in [2.45, 2.75) is 25.1 Å². The standard InChI is InChI=1S/C18H17B3F6O6/c1-21-17(19,20)33-12-6-8(32-18(25,26)27)3-4-11(12)31-13-7-9(30-16(23)24)5-10(22)14(13)15(28)29-2/h3-7,16,21H,19-20H2,1-2H3. The van der Waals surface area contributed by atoms with E-state index in [1.54, 1.807) is 22.5 Å². The fourth-order valence-corrected chi connectivity index (χ4v) is 2.45. The second-order valence-corrected chi connectivity index (χ2v) is 7.12. The van der Waals surface area contributed by atoms with E-state index in [9.17, 15) is 31.1 Å². The largest absolute Gasteiger partial charge is 0.573 e. The quantitative estimate of drug-likeness (QED) is 0.316. The van der Waals surface area contributed by atoms with Crippen LogP contribution in [-0.4, -0.2) is 54.3 Å². The van der Waals surface area contributed by atoms with Crippen LogP contribution < -0.4 is 18.9 Å². The maximum Gasteiger partial charge on any atom is 0.573 e. The Balaban J connectivity index is 2.59. The highest BCUT2D eigenvalue weighted by atomic mass is 19.4.